The summed E-state index contributed by atoms with van der Waals surface area (Å²) in [5.41, 5.74) is 1.14. The van der Waals surface area contributed by atoms with Crippen molar-refractivity contribution in [2.75, 3.05) is 6.54 Å². The molecule has 0 radical (unpaired) electrons. The molecule has 1 aromatic heterocycles. The van der Waals surface area contributed by atoms with Crippen molar-refractivity contribution >= 4 is 23.2 Å². The third-order valence-electron chi connectivity index (χ3n) is 2.16. The summed E-state index contributed by atoms with van der Waals surface area (Å²) in [6.07, 6.45) is 0. The van der Waals surface area contributed by atoms with Gasteiger partial charge in [-0.3, -0.25) is 14.5 Å². The Bertz CT molecular complexity index is 364. The highest BCUT2D eigenvalue weighted by molar-refractivity contribution is 7.08. The van der Waals surface area contributed by atoms with E-state index in [1.165, 1.54) is 16.2 Å². The molecule has 0 aliphatic carbocycles. The van der Waals surface area contributed by atoms with E-state index in [4.69, 9.17) is 0 Å². The molecule has 14 heavy (non-hydrogen) atoms. The number of carbonyl (C=O) groups excluding carboxylic acids is 2. The second kappa shape index (κ2) is 3.20. The molecule has 0 saturated carbocycles. The van der Waals surface area contributed by atoms with Gasteiger partial charge in [-0.1, -0.05) is 13.8 Å². The normalized spacial score (nSPS) is 15.5. The fraction of sp³-hybridized carbons (Fsp3) is 0.400. The molecule has 3 nitrogen and oxygen atoms in total. The number of imide groups is 1. The summed E-state index contributed by atoms with van der Waals surface area (Å²) < 4.78 is 0. The maximum absolute atomic E-state index is 11.7. The zero-order chi connectivity index (χ0) is 10.3. The van der Waals surface area contributed by atoms with Crippen LogP contribution in [0.15, 0.2) is 10.8 Å². The molecule has 0 aromatic carbocycles. The molecule has 1 aliphatic heterocycles. The number of nitrogens with zero attached hydrogens (tertiary/aromatic N) is 1. The molecule has 0 bridgehead atoms. The smallest absolute Gasteiger partial charge is 0.262 e. The summed E-state index contributed by atoms with van der Waals surface area (Å²) in [6, 6.07) is 0. The minimum absolute atomic E-state index is 0.139. The van der Waals surface area contributed by atoms with Gasteiger partial charge in [0.1, 0.15) is 0 Å². The highest BCUT2D eigenvalue weighted by Crippen LogP contribution is 2.26. The van der Waals surface area contributed by atoms with Gasteiger partial charge >= 0.3 is 0 Å². The molecule has 1 aromatic rings. The summed E-state index contributed by atoms with van der Waals surface area (Å²) in [6.45, 7) is 4.50. The minimum atomic E-state index is -0.139. The predicted molar refractivity (Wildman–Crippen MR) is 54.5 cm³/mol. The van der Waals surface area contributed by atoms with Gasteiger partial charge in [-0.05, 0) is 5.92 Å². The van der Waals surface area contributed by atoms with Crippen LogP contribution in [0.4, 0.5) is 0 Å². The summed E-state index contributed by atoms with van der Waals surface area (Å²) in [5, 5.41) is 3.49. The topological polar surface area (TPSA) is 37.4 Å². The van der Waals surface area contributed by atoms with Crippen LogP contribution in [0.1, 0.15) is 34.6 Å². The van der Waals surface area contributed by atoms with E-state index < -0.39 is 0 Å². The van der Waals surface area contributed by atoms with Gasteiger partial charge in [0, 0.05) is 17.3 Å². The van der Waals surface area contributed by atoms with E-state index in [0.717, 1.165) is 0 Å². The van der Waals surface area contributed by atoms with E-state index in [-0.39, 0.29) is 11.8 Å². The third-order valence-corrected chi connectivity index (χ3v) is 2.90. The Morgan fingerprint density at radius 1 is 1.21 bits per heavy atom. The van der Waals surface area contributed by atoms with Crippen molar-refractivity contribution in [1.82, 2.24) is 4.90 Å². The van der Waals surface area contributed by atoms with Crippen LogP contribution in [0.5, 0.6) is 0 Å². The van der Waals surface area contributed by atoms with E-state index in [2.05, 4.69) is 0 Å². The molecule has 2 rings (SSSR count). The van der Waals surface area contributed by atoms with Crippen molar-refractivity contribution in [3.8, 4) is 0 Å². The number of amides is 2. The summed E-state index contributed by atoms with van der Waals surface area (Å²) in [5.74, 6) is 0.0375. The van der Waals surface area contributed by atoms with E-state index in [9.17, 15) is 9.59 Å². The van der Waals surface area contributed by atoms with Gasteiger partial charge < -0.3 is 0 Å². The number of thiophene rings is 1. The Balaban J connectivity index is 2.31. The molecule has 74 valence electrons. The fourth-order valence-electron chi connectivity index (χ4n) is 1.54. The number of fused-ring (bicyclic) bond motifs is 1. The largest absolute Gasteiger partial charge is 0.274 e. The Hall–Kier alpha value is -1.16. The lowest BCUT2D eigenvalue weighted by atomic mass is 10.2. The fourth-order valence-corrected chi connectivity index (χ4v) is 2.34. The van der Waals surface area contributed by atoms with E-state index in [0.29, 0.717) is 23.6 Å². The van der Waals surface area contributed by atoms with Crippen molar-refractivity contribution in [2.45, 2.75) is 13.8 Å². The molecular weight excluding hydrogens is 198 g/mol. The Morgan fingerprint density at radius 3 is 2.14 bits per heavy atom. The number of rotatable bonds is 2. The SMILES string of the molecule is CC(C)CN1C(=O)c2cscc2C1=O. The Morgan fingerprint density at radius 2 is 1.71 bits per heavy atom. The molecule has 2 amide bonds. The second-order valence-electron chi connectivity index (χ2n) is 3.81. The molecule has 2 heterocycles. The third kappa shape index (κ3) is 1.26. The van der Waals surface area contributed by atoms with Crippen LogP contribution in [0.3, 0.4) is 0 Å². The average Bonchev–Trinajstić information content (AvgIpc) is 2.65. The number of hydrogen-bond donors (Lipinski definition) is 0. The maximum Gasteiger partial charge on any atom is 0.262 e. The van der Waals surface area contributed by atoms with Gasteiger partial charge in [-0.2, -0.15) is 11.3 Å². The van der Waals surface area contributed by atoms with Crippen LogP contribution < -0.4 is 0 Å². The highest BCUT2D eigenvalue weighted by Gasteiger charge is 2.36. The van der Waals surface area contributed by atoms with Crippen molar-refractivity contribution in [2.24, 2.45) is 5.92 Å². The molecule has 1 aliphatic rings. The first-order chi connectivity index (χ1) is 6.61. The van der Waals surface area contributed by atoms with Crippen molar-refractivity contribution in [1.29, 1.82) is 0 Å². The summed E-state index contributed by atoms with van der Waals surface area (Å²) in [4.78, 5) is 24.8. The molecule has 0 N–H and O–H groups in total. The first-order valence-corrected chi connectivity index (χ1v) is 5.48. The van der Waals surface area contributed by atoms with Crippen LogP contribution in [0.2, 0.25) is 0 Å². The van der Waals surface area contributed by atoms with Crippen LogP contribution >= 0.6 is 11.3 Å². The van der Waals surface area contributed by atoms with Gasteiger partial charge in [0.15, 0.2) is 0 Å². The zero-order valence-corrected chi connectivity index (χ0v) is 8.93. The second-order valence-corrected chi connectivity index (χ2v) is 4.56. The van der Waals surface area contributed by atoms with Crippen molar-refractivity contribution < 1.29 is 9.59 Å². The van der Waals surface area contributed by atoms with Gasteiger partial charge in [0.2, 0.25) is 0 Å². The number of carbonyl (C=O) groups is 2. The zero-order valence-electron chi connectivity index (χ0n) is 8.11. The lowest BCUT2D eigenvalue weighted by Gasteiger charge is -2.15. The number of hydrogen-bond acceptors (Lipinski definition) is 3. The van der Waals surface area contributed by atoms with Crippen LogP contribution in [0.25, 0.3) is 0 Å². The predicted octanol–water partition coefficient (Wildman–Crippen LogP) is 2.00. The van der Waals surface area contributed by atoms with Crippen LogP contribution in [-0.2, 0) is 0 Å². The molecule has 4 heteroatoms. The van der Waals surface area contributed by atoms with Gasteiger partial charge in [0.25, 0.3) is 11.8 Å². The maximum atomic E-state index is 11.7. The lowest BCUT2D eigenvalue weighted by Crippen LogP contribution is -2.33. The van der Waals surface area contributed by atoms with Crippen molar-refractivity contribution in [3.63, 3.8) is 0 Å². The first-order valence-electron chi connectivity index (χ1n) is 4.53. The molecule has 0 unspecified atom stereocenters. The van der Waals surface area contributed by atoms with Crippen LogP contribution in [0, 0.1) is 5.92 Å². The van der Waals surface area contributed by atoms with Crippen LogP contribution in [-0.4, -0.2) is 23.3 Å². The van der Waals surface area contributed by atoms with E-state index >= 15 is 0 Å². The highest BCUT2D eigenvalue weighted by atomic mass is 32.1. The molecular formula is C10H11NO2S. The standard InChI is InChI=1S/C10H11NO2S/c1-6(2)3-11-9(12)7-4-14-5-8(7)10(11)13/h4-6H,3H2,1-2H3. The van der Waals surface area contributed by atoms with Gasteiger partial charge in [0.05, 0.1) is 11.1 Å². The molecule has 0 fully saturated rings. The average molecular weight is 209 g/mol. The van der Waals surface area contributed by atoms with Crippen molar-refractivity contribution in [3.05, 3.63) is 21.9 Å². The Labute approximate surface area is 86.3 Å². The molecule has 0 atom stereocenters. The molecule has 0 spiro atoms. The lowest BCUT2D eigenvalue weighted by molar-refractivity contribution is 0.0636. The van der Waals surface area contributed by atoms with Gasteiger partial charge in [-0.15, -0.1) is 0 Å². The first kappa shape index (κ1) is 9.40. The Kier molecular flexibility index (Phi) is 2.15. The van der Waals surface area contributed by atoms with E-state index in [1.54, 1.807) is 10.8 Å². The monoisotopic (exact) mass is 209 g/mol. The van der Waals surface area contributed by atoms with E-state index in [1.807, 2.05) is 13.8 Å². The summed E-state index contributed by atoms with van der Waals surface area (Å²) in [7, 11) is 0. The quantitative estimate of drug-likeness (QED) is 0.699. The summed E-state index contributed by atoms with van der Waals surface area (Å²) >= 11 is 1.40. The molecule has 0 saturated heterocycles. The minimum Gasteiger partial charge on any atom is -0.274 e. The van der Waals surface area contributed by atoms with Gasteiger partial charge in [-0.25, -0.2) is 0 Å².